The van der Waals surface area contributed by atoms with E-state index in [1.165, 1.54) is 17.4 Å². The summed E-state index contributed by atoms with van der Waals surface area (Å²) in [4.78, 5) is 28.2. The molecule has 0 fully saturated rings. The van der Waals surface area contributed by atoms with E-state index in [1.807, 2.05) is 18.2 Å². The van der Waals surface area contributed by atoms with Crippen molar-refractivity contribution in [3.05, 3.63) is 64.7 Å². The maximum atomic E-state index is 12.1. The van der Waals surface area contributed by atoms with Crippen molar-refractivity contribution in [1.82, 2.24) is 4.98 Å². The zero-order valence-corrected chi connectivity index (χ0v) is 15.4. The van der Waals surface area contributed by atoms with Crippen LogP contribution in [0.1, 0.15) is 22.8 Å². The van der Waals surface area contributed by atoms with Gasteiger partial charge in [-0.25, -0.2) is 9.78 Å². The number of nitrogens with one attached hydrogen (secondary N) is 1. The lowest BCUT2D eigenvalue weighted by Crippen LogP contribution is -2.07. The van der Waals surface area contributed by atoms with Gasteiger partial charge < -0.3 is 4.74 Å². The highest BCUT2D eigenvalue weighted by molar-refractivity contribution is 7.22. The highest BCUT2D eigenvalue weighted by atomic mass is 35.5. The van der Waals surface area contributed by atoms with Crippen LogP contribution in [0.2, 0.25) is 5.02 Å². The molecule has 7 heteroatoms. The molecule has 132 valence electrons. The number of aromatic nitrogens is 1. The highest BCUT2D eigenvalue weighted by Crippen LogP contribution is 2.27. The molecular formula is C19H15ClN2O3S. The van der Waals surface area contributed by atoms with Gasteiger partial charge in [0.2, 0.25) is 5.91 Å². The Balaban J connectivity index is 1.73. The molecule has 3 rings (SSSR count). The molecule has 1 aromatic heterocycles. The summed E-state index contributed by atoms with van der Waals surface area (Å²) in [5, 5.41) is 3.74. The SMILES string of the molecule is CCOC(=O)c1ccc2nc(NC(=O)/C=C/c3ccccc3Cl)sc2c1. The average Bonchev–Trinajstić information content (AvgIpc) is 3.02. The van der Waals surface area contributed by atoms with Gasteiger partial charge in [0.05, 0.1) is 22.4 Å². The molecule has 0 unspecified atom stereocenters. The van der Waals surface area contributed by atoms with Gasteiger partial charge in [-0.3, -0.25) is 10.1 Å². The van der Waals surface area contributed by atoms with Crippen LogP contribution in [0.5, 0.6) is 0 Å². The Bertz CT molecular complexity index is 997. The molecule has 0 bridgehead atoms. The minimum absolute atomic E-state index is 0.311. The lowest BCUT2D eigenvalue weighted by atomic mass is 10.2. The normalized spacial score (nSPS) is 11.0. The van der Waals surface area contributed by atoms with Gasteiger partial charge in [-0.05, 0) is 42.8 Å². The number of nitrogens with zero attached hydrogens (tertiary/aromatic N) is 1. The standard InChI is InChI=1S/C19H15ClN2O3S/c1-2-25-18(24)13-7-9-15-16(11-13)26-19(21-15)22-17(23)10-8-12-5-3-4-6-14(12)20/h3-11H,2H2,1H3,(H,21,22,23)/b10-8+. The molecule has 2 aromatic carbocycles. The summed E-state index contributed by atoms with van der Waals surface area (Å²) < 4.78 is 5.78. The Morgan fingerprint density at radius 1 is 1.27 bits per heavy atom. The fourth-order valence-electron chi connectivity index (χ4n) is 2.24. The van der Waals surface area contributed by atoms with Crippen molar-refractivity contribution in [3.63, 3.8) is 0 Å². The van der Waals surface area contributed by atoms with Crippen molar-refractivity contribution in [1.29, 1.82) is 0 Å². The molecule has 1 N–H and O–H groups in total. The van der Waals surface area contributed by atoms with Gasteiger partial charge in [0, 0.05) is 11.1 Å². The molecule has 0 saturated heterocycles. The van der Waals surface area contributed by atoms with Crippen molar-refractivity contribution < 1.29 is 14.3 Å². The number of benzene rings is 2. The molecule has 0 radical (unpaired) electrons. The van der Waals surface area contributed by atoms with E-state index in [9.17, 15) is 9.59 Å². The highest BCUT2D eigenvalue weighted by Gasteiger charge is 2.11. The Morgan fingerprint density at radius 2 is 2.08 bits per heavy atom. The first-order chi connectivity index (χ1) is 12.6. The van der Waals surface area contributed by atoms with Crippen LogP contribution < -0.4 is 5.32 Å². The first kappa shape index (κ1) is 18.1. The number of carbonyl (C=O) groups excluding carboxylic acids is 2. The number of hydrogen-bond donors (Lipinski definition) is 1. The molecule has 0 atom stereocenters. The number of halogens is 1. The average molecular weight is 387 g/mol. The third-order valence-corrected chi connectivity index (χ3v) is 4.73. The quantitative estimate of drug-likeness (QED) is 0.506. The van der Waals surface area contributed by atoms with Gasteiger partial charge in [0.15, 0.2) is 5.13 Å². The van der Waals surface area contributed by atoms with Crippen LogP contribution in [-0.2, 0) is 9.53 Å². The van der Waals surface area contributed by atoms with E-state index < -0.39 is 0 Å². The van der Waals surface area contributed by atoms with Crippen LogP contribution in [0.3, 0.4) is 0 Å². The number of anilines is 1. The Morgan fingerprint density at radius 3 is 2.85 bits per heavy atom. The van der Waals surface area contributed by atoms with E-state index in [-0.39, 0.29) is 11.9 Å². The molecule has 0 spiro atoms. The Kier molecular flexibility index (Phi) is 5.65. The Labute approximate surface area is 159 Å². The predicted octanol–water partition coefficient (Wildman–Crippen LogP) is 4.78. The van der Waals surface area contributed by atoms with E-state index in [4.69, 9.17) is 16.3 Å². The molecule has 0 aliphatic heterocycles. The fraction of sp³-hybridized carbons (Fsp3) is 0.105. The molecule has 3 aromatic rings. The monoisotopic (exact) mass is 386 g/mol. The second kappa shape index (κ2) is 8.12. The smallest absolute Gasteiger partial charge is 0.338 e. The summed E-state index contributed by atoms with van der Waals surface area (Å²) in [6.45, 7) is 2.07. The number of hydrogen-bond acceptors (Lipinski definition) is 5. The predicted molar refractivity (Wildman–Crippen MR) is 105 cm³/mol. The van der Waals surface area contributed by atoms with Crippen LogP contribution in [-0.4, -0.2) is 23.5 Å². The molecule has 26 heavy (non-hydrogen) atoms. The third kappa shape index (κ3) is 4.28. The maximum absolute atomic E-state index is 12.1. The van der Waals surface area contributed by atoms with Gasteiger partial charge in [0.25, 0.3) is 0 Å². The summed E-state index contributed by atoms with van der Waals surface area (Å²) in [5.74, 6) is -0.689. The van der Waals surface area contributed by atoms with Crippen LogP contribution in [0, 0.1) is 0 Å². The van der Waals surface area contributed by atoms with Gasteiger partial charge in [-0.15, -0.1) is 0 Å². The second-order valence-corrected chi connectivity index (χ2v) is 6.70. The topological polar surface area (TPSA) is 68.3 Å². The Hall–Kier alpha value is -2.70. The summed E-state index contributed by atoms with van der Waals surface area (Å²) in [7, 11) is 0. The van der Waals surface area contributed by atoms with Crippen LogP contribution in [0.25, 0.3) is 16.3 Å². The van der Waals surface area contributed by atoms with E-state index in [1.54, 1.807) is 37.3 Å². The number of amides is 1. The largest absolute Gasteiger partial charge is 0.462 e. The van der Waals surface area contributed by atoms with Crippen molar-refractivity contribution in [2.75, 3.05) is 11.9 Å². The van der Waals surface area contributed by atoms with Crippen molar-refractivity contribution >= 4 is 56.2 Å². The molecular weight excluding hydrogens is 372 g/mol. The molecule has 0 saturated carbocycles. The number of ether oxygens (including phenoxy) is 1. The molecule has 1 heterocycles. The van der Waals surface area contributed by atoms with Gasteiger partial charge in [0.1, 0.15) is 0 Å². The second-order valence-electron chi connectivity index (χ2n) is 5.27. The zero-order chi connectivity index (χ0) is 18.5. The van der Waals surface area contributed by atoms with E-state index in [2.05, 4.69) is 10.3 Å². The first-order valence-corrected chi connectivity index (χ1v) is 9.07. The molecule has 0 aliphatic rings. The van der Waals surface area contributed by atoms with Gasteiger partial charge >= 0.3 is 5.97 Å². The van der Waals surface area contributed by atoms with Crippen molar-refractivity contribution in [2.24, 2.45) is 0 Å². The summed E-state index contributed by atoms with van der Waals surface area (Å²) in [6.07, 6.45) is 3.04. The first-order valence-electron chi connectivity index (χ1n) is 7.88. The van der Waals surface area contributed by atoms with E-state index in [0.717, 1.165) is 10.3 Å². The molecule has 0 aliphatic carbocycles. The summed E-state index contributed by atoms with van der Waals surface area (Å²) in [6, 6.07) is 12.3. The molecule has 5 nitrogen and oxygen atoms in total. The van der Waals surface area contributed by atoms with E-state index in [0.29, 0.717) is 27.8 Å². The van der Waals surface area contributed by atoms with Gasteiger partial charge in [-0.1, -0.05) is 41.1 Å². The molecule has 1 amide bonds. The van der Waals surface area contributed by atoms with Crippen LogP contribution >= 0.6 is 22.9 Å². The number of fused-ring (bicyclic) bond motifs is 1. The van der Waals surface area contributed by atoms with Crippen LogP contribution in [0.4, 0.5) is 5.13 Å². The van der Waals surface area contributed by atoms with E-state index >= 15 is 0 Å². The lowest BCUT2D eigenvalue weighted by Gasteiger charge is -2.00. The lowest BCUT2D eigenvalue weighted by molar-refractivity contribution is -0.111. The van der Waals surface area contributed by atoms with Crippen molar-refractivity contribution in [2.45, 2.75) is 6.92 Å². The minimum atomic E-state index is -0.379. The third-order valence-electron chi connectivity index (χ3n) is 3.45. The maximum Gasteiger partial charge on any atom is 0.338 e. The fourth-order valence-corrected chi connectivity index (χ4v) is 3.35. The number of esters is 1. The van der Waals surface area contributed by atoms with Gasteiger partial charge in [-0.2, -0.15) is 0 Å². The van der Waals surface area contributed by atoms with Crippen LogP contribution in [0.15, 0.2) is 48.5 Å². The number of rotatable bonds is 5. The summed E-state index contributed by atoms with van der Waals surface area (Å²) in [5.41, 5.74) is 1.92. The summed E-state index contributed by atoms with van der Waals surface area (Å²) >= 11 is 7.34. The minimum Gasteiger partial charge on any atom is -0.462 e. The zero-order valence-electron chi connectivity index (χ0n) is 13.9. The number of carbonyl (C=O) groups is 2. The number of thiazole rings is 1. The van der Waals surface area contributed by atoms with Crippen molar-refractivity contribution in [3.8, 4) is 0 Å².